The van der Waals surface area contributed by atoms with Crippen molar-refractivity contribution in [1.29, 1.82) is 0 Å². The third-order valence-electron chi connectivity index (χ3n) is 6.43. The number of aromatic nitrogens is 2. The number of aryl methyl sites for hydroxylation is 1. The summed E-state index contributed by atoms with van der Waals surface area (Å²) >= 11 is 4.71. The van der Waals surface area contributed by atoms with Gasteiger partial charge >= 0.3 is 5.56 Å². The predicted molar refractivity (Wildman–Crippen MR) is 160 cm³/mol. The maximum Gasteiger partial charge on any atom is 0.316 e. The Morgan fingerprint density at radius 1 is 1.18 bits per heavy atom. The summed E-state index contributed by atoms with van der Waals surface area (Å²) in [5.41, 5.74) is 3.12. The molecule has 0 radical (unpaired) electrons. The van der Waals surface area contributed by atoms with E-state index >= 15 is 0 Å². The van der Waals surface area contributed by atoms with Gasteiger partial charge in [-0.2, -0.15) is 9.78 Å². The van der Waals surface area contributed by atoms with E-state index in [0.29, 0.717) is 68.0 Å². The van der Waals surface area contributed by atoms with Crippen molar-refractivity contribution in [3.8, 4) is 11.4 Å². The first kappa shape index (κ1) is 30.5. The van der Waals surface area contributed by atoms with Crippen LogP contribution in [0.4, 0.5) is 11.4 Å². The molecule has 2 heterocycles. The molecule has 2 N–H and O–H groups in total. The van der Waals surface area contributed by atoms with E-state index in [-0.39, 0.29) is 17.2 Å². The summed E-state index contributed by atoms with van der Waals surface area (Å²) in [6.07, 6.45) is 1.62. The fourth-order valence-corrected chi connectivity index (χ4v) is 5.77. The van der Waals surface area contributed by atoms with Crippen molar-refractivity contribution in [1.82, 2.24) is 18.8 Å². The number of rotatable bonds is 12. The van der Waals surface area contributed by atoms with Gasteiger partial charge in [-0.05, 0) is 37.6 Å². The van der Waals surface area contributed by atoms with Crippen LogP contribution in [0.3, 0.4) is 0 Å². The molecule has 4 rings (SSSR count). The van der Waals surface area contributed by atoms with Crippen LogP contribution in [0.1, 0.15) is 18.1 Å². The first-order valence-electron chi connectivity index (χ1n) is 12.9. The third kappa shape index (κ3) is 7.65. The lowest BCUT2D eigenvalue weighted by Crippen LogP contribution is -2.91. The van der Waals surface area contributed by atoms with E-state index in [0.717, 1.165) is 11.1 Å². The molecular formula is C26H34ClN6O5PS. The highest BCUT2D eigenvalue weighted by Gasteiger charge is 2.26. The molecule has 3 unspecified atom stereocenters. The minimum atomic E-state index is -1.42. The van der Waals surface area contributed by atoms with Crippen LogP contribution in [0.5, 0.6) is 5.75 Å². The lowest BCUT2D eigenvalue weighted by molar-refractivity contribution is -0.615. The Balaban J connectivity index is 1.44. The summed E-state index contributed by atoms with van der Waals surface area (Å²) in [6.45, 7) is 7.29. The van der Waals surface area contributed by atoms with Crippen LogP contribution in [-0.4, -0.2) is 64.3 Å². The van der Waals surface area contributed by atoms with Gasteiger partial charge in [-0.15, -0.1) is 0 Å². The second kappa shape index (κ2) is 14.5. The molecule has 40 heavy (non-hydrogen) atoms. The SMILES string of the molecule is CCOCCOc1c(N2CCN(S(=O)NCc3ccc(C)c([NH+]([O-])P)c3)CC2)cnn(-c2cccc(Cl)c2)c1=O. The molecule has 1 aromatic heterocycles. The van der Waals surface area contributed by atoms with Gasteiger partial charge in [0, 0.05) is 56.0 Å². The zero-order valence-electron chi connectivity index (χ0n) is 22.5. The van der Waals surface area contributed by atoms with Crippen LogP contribution in [0, 0.1) is 12.1 Å². The number of nitrogens with one attached hydrogen (secondary N) is 2. The minimum absolute atomic E-state index is 0.0763. The molecule has 0 saturated carbocycles. The highest BCUT2D eigenvalue weighted by atomic mass is 35.5. The van der Waals surface area contributed by atoms with Crippen molar-refractivity contribution in [3.05, 3.63) is 80.4 Å². The molecule has 216 valence electrons. The summed E-state index contributed by atoms with van der Waals surface area (Å²) in [5, 5.41) is 16.7. The van der Waals surface area contributed by atoms with Crippen LogP contribution >= 0.6 is 21.0 Å². The van der Waals surface area contributed by atoms with Gasteiger partial charge in [-0.3, -0.25) is 4.79 Å². The molecule has 0 aliphatic carbocycles. The quantitative estimate of drug-likeness (QED) is 0.183. The van der Waals surface area contributed by atoms with E-state index in [2.05, 4.69) is 19.2 Å². The van der Waals surface area contributed by atoms with Crippen molar-refractivity contribution < 1.29 is 18.5 Å². The first-order valence-corrected chi connectivity index (χ1v) is 15.0. The maximum absolute atomic E-state index is 13.5. The molecule has 0 spiro atoms. The third-order valence-corrected chi connectivity index (χ3v) is 8.20. The van der Waals surface area contributed by atoms with Gasteiger partial charge in [-0.1, -0.05) is 29.8 Å². The fraction of sp³-hybridized carbons (Fsp3) is 0.385. The Labute approximate surface area is 243 Å². The molecule has 14 heteroatoms. The Bertz CT molecular complexity index is 1390. The monoisotopic (exact) mass is 608 g/mol. The molecular weight excluding hydrogens is 575 g/mol. The van der Waals surface area contributed by atoms with E-state index < -0.39 is 16.7 Å². The molecule has 3 aromatic rings. The molecule has 0 amide bonds. The Morgan fingerprint density at radius 3 is 2.65 bits per heavy atom. The Kier molecular flexibility index (Phi) is 11.1. The van der Waals surface area contributed by atoms with Gasteiger partial charge < -0.3 is 24.4 Å². The van der Waals surface area contributed by atoms with Crippen LogP contribution in [0.25, 0.3) is 5.69 Å². The normalized spacial score (nSPS) is 15.7. The number of hydrogen-bond acceptors (Lipinski definition) is 7. The molecule has 1 aliphatic heterocycles. The number of hydrogen-bond donors (Lipinski definition) is 2. The Morgan fingerprint density at radius 2 is 1.95 bits per heavy atom. The van der Waals surface area contributed by atoms with E-state index in [1.54, 1.807) is 30.5 Å². The van der Waals surface area contributed by atoms with E-state index in [9.17, 15) is 14.2 Å². The van der Waals surface area contributed by atoms with Gasteiger partial charge in [0.15, 0.2) is 11.2 Å². The van der Waals surface area contributed by atoms with Gasteiger partial charge in [0.2, 0.25) is 5.75 Å². The van der Waals surface area contributed by atoms with Gasteiger partial charge in [0.1, 0.15) is 18.0 Å². The Hall–Kier alpha value is -2.41. The molecule has 0 bridgehead atoms. The van der Waals surface area contributed by atoms with Crippen molar-refractivity contribution in [3.63, 3.8) is 0 Å². The number of halogens is 1. The second-order valence-electron chi connectivity index (χ2n) is 9.10. The average Bonchev–Trinajstić information content (AvgIpc) is 2.95. The number of nitrogens with zero attached hydrogens (tertiary/aromatic N) is 4. The summed E-state index contributed by atoms with van der Waals surface area (Å²) < 4.78 is 30.4. The highest BCUT2D eigenvalue weighted by molar-refractivity contribution is 7.80. The lowest BCUT2D eigenvalue weighted by Gasteiger charge is -2.35. The van der Waals surface area contributed by atoms with Crippen LogP contribution < -0.4 is 24.8 Å². The minimum Gasteiger partial charge on any atom is -0.628 e. The largest absolute Gasteiger partial charge is 0.628 e. The van der Waals surface area contributed by atoms with Gasteiger partial charge in [0.05, 0.1) is 27.9 Å². The number of piperazine rings is 1. The first-order chi connectivity index (χ1) is 19.3. The molecule has 11 nitrogen and oxygen atoms in total. The molecule has 3 atom stereocenters. The van der Waals surface area contributed by atoms with Gasteiger partial charge in [-0.25, -0.2) is 13.2 Å². The number of anilines is 1. The number of quaternary nitrogens is 1. The fourth-order valence-electron chi connectivity index (χ4n) is 4.30. The number of benzene rings is 2. The molecule has 1 saturated heterocycles. The summed E-state index contributed by atoms with van der Waals surface area (Å²) in [4.78, 5) is 15.4. The zero-order valence-corrected chi connectivity index (χ0v) is 25.2. The lowest BCUT2D eigenvalue weighted by atomic mass is 10.1. The van der Waals surface area contributed by atoms with Gasteiger partial charge in [0.25, 0.3) is 0 Å². The van der Waals surface area contributed by atoms with E-state index in [1.165, 1.54) is 4.68 Å². The van der Waals surface area contributed by atoms with Crippen molar-refractivity contribution in [2.24, 2.45) is 0 Å². The topological polar surface area (TPSA) is 116 Å². The average molecular weight is 609 g/mol. The second-order valence-corrected chi connectivity index (χ2v) is 11.4. The maximum atomic E-state index is 13.5. The van der Waals surface area contributed by atoms with Crippen LogP contribution in [0.15, 0.2) is 53.5 Å². The number of ether oxygens (including phenoxy) is 2. The highest BCUT2D eigenvalue weighted by Crippen LogP contribution is 2.26. The van der Waals surface area contributed by atoms with E-state index in [4.69, 9.17) is 21.1 Å². The zero-order chi connectivity index (χ0) is 28.6. The smallest absolute Gasteiger partial charge is 0.316 e. The van der Waals surface area contributed by atoms with Crippen molar-refractivity contribution in [2.75, 3.05) is 50.9 Å². The summed E-state index contributed by atoms with van der Waals surface area (Å²) in [5.74, 6) is 0.182. The molecule has 1 fully saturated rings. The standard InChI is InChI=1S/C26H34ClN6O5PS/c1-3-37-13-14-38-25-24(18-28-32(26(25)34)22-6-4-5-21(27)16-22)30-9-11-31(12-10-30)40(36)29-17-20-8-7-19(2)23(15-20)33(35)39/h4-8,15-16,18,29,33H,3,9-14,17,39H2,1-2H3. The molecule has 1 aliphatic rings. The van der Waals surface area contributed by atoms with Crippen molar-refractivity contribution in [2.45, 2.75) is 20.4 Å². The van der Waals surface area contributed by atoms with Crippen LogP contribution in [-0.2, 0) is 22.5 Å². The predicted octanol–water partition coefficient (Wildman–Crippen LogP) is 1.90. The summed E-state index contributed by atoms with van der Waals surface area (Å²) in [7, 11) is 2.19. The van der Waals surface area contributed by atoms with Crippen LogP contribution in [0.2, 0.25) is 5.02 Å². The molecule has 2 aromatic carbocycles. The van der Waals surface area contributed by atoms with Crippen molar-refractivity contribution >= 4 is 43.5 Å². The summed E-state index contributed by atoms with van der Waals surface area (Å²) in [6, 6.07) is 12.5. The van der Waals surface area contributed by atoms with E-state index in [1.807, 2.05) is 41.3 Å².